The summed E-state index contributed by atoms with van der Waals surface area (Å²) in [4.78, 5) is 29.3. The van der Waals surface area contributed by atoms with Crippen molar-refractivity contribution in [2.24, 2.45) is 0 Å². The van der Waals surface area contributed by atoms with Crippen LogP contribution in [0.25, 0.3) is 11.1 Å². The van der Waals surface area contributed by atoms with Crippen LogP contribution in [0.4, 0.5) is 10.5 Å². The van der Waals surface area contributed by atoms with Gasteiger partial charge in [-0.3, -0.25) is 9.69 Å². The van der Waals surface area contributed by atoms with Gasteiger partial charge in [0.2, 0.25) is 5.75 Å². The number of urea groups is 1. The summed E-state index contributed by atoms with van der Waals surface area (Å²) in [6.07, 6.45) is 0. The van der Waals surface area contributed by atoms with Gasteiger partial charge in [0.15, 0.2) is 11.5 Å². The number of hydrogen-bond acceptors (Lipinski definition) is 7. The van der Waals surface area contributed by atoms with Gasteiger partial charge in [-0.1, -0.05) is 24.3 Å². The number of rotatable bonds is 9. The van der Waals surface area contributed by atoms with Crippen molar-refractivity contribution in [1.29, 1.82) is 0 Å². The summed E-state index contributed by atoms with van der Waals surface area (Å²) in [6, 6.07) is 18.4. The standard InChI is InChI=1S/C28H30IN3O7/c1-35-24-16-22(17-25(36-2)26(24)37-3)21-5-4-6-23(15-21)32(28(34)31-11-13-38-14-12-31)18-19-7-9-20(10-8-19)27(33)30-39-29/h4-10,15-17H,11-14,18H2,1-3H3,(H,30,33). The number of carbonyl (C=O) groups is 2. The van der Waals surface area contributed by atoms with Gasteiger partial charge in [-0.15, -0.1) is 0 Å². The Bertz CT molecular complexity index is 1270. The number of methoxy groups -OCH3 is 3. The maximum Gasteiger partial charge on any atom is 0.324 e. The molecule has 0 bridgehead atoms. The average molecular weight is 647 g/mol. The largest absolute Gasteiger partial charge is 0.493 e. The first-order valence-corrected chi connectivity index (χ1v) is 13.1. The highest BCUT2D eigenvalue weighted by molar-refractivity contribution is 14.1. The number of ether oxygens (including phenoxy) is 4. The van der Waals surface area contributed by atoms with Crippen molar-refractivity contribution in [1.82, 2.24) is 10.4 Å². The number of benzene rings is 3. The second-order valence-electron chi connectivity index (χ2n) is 8.64. The number of amides is 3. The Balaban J connectivity index is 1.70. The quantitative estimate of drug-likeness (QED) is 0.262. The lowest BCUT2D eigenvalue weighted by atomic mass is 10.0. The molecular weight excluding hydrogens is 617 g/mol. The summed E-state index contributed by atoms with van der Waals surface area (Å²) in [7, 11) is 4.71. The number of halogens is 1. The number of carbonyl (C=O) groups excluding carboxylic acids is 2. The fourth-order valence-electron chi connectivity index (χ4n) is 4.33. The second kappa shape index (κ2) is 13.5. The predicted molar refractivity (Wildman–Crippen MR) is 155 cm³/mol. The molecule has 1 aliphatic heterocycles. The number of hydroxylamine groups is 1. The first-order valence-electron chi connectivity index (χ1n) is 12.2. The minimum absolute atomic E-state index is 0.125. The summed E-state index contributed by atoms with van der Waals surface area (Å²) < 4.78 is 26.7. The van der Waals surface area contributed by atoms with Crippen molar-refractivity contribution in [2.75, 3.05) is 52.5 Å². The molecule has 0 unspecified atom stereocenters. The van der Waals surface area contributed by atoms with Gasteiger partial charge < -0.3 is 23.8 Å². The van der Waals surface area contributed by atoms with E-state index < -0.39 is 0 Å². The molecule has 39 heavy (non-hydrogen) atoms. The Morgan fingerprint density at radius 3 is 2.18 bits per heavy atom. The van der Waals surface area contributed by atoms with Gasteiger partial charge >= 0.3 is 6.03 Å². The van der Waals surface area contributed by atoms with E-state index in [9.17, 15) is 9.59 Å². The molecule has 4 rings (SSSR count). The Morgan fingerprint density at radius 2 is 1.59 bits per heavy atom. The molecule has 11 heteroatoms. The maximum absolute atomic E-state index is 13.8. The predicted octanol–water partition coefficient (Wildman–Crippen LogP) is 4.85. The van der Waals surface area contributed by atoms with E-state index in [1.807, 2.05) is 48.5 Å². The Hall–Kier alpha value is -3.55. The Morgan fingerprint density at radius 1 is 0.923 bits per heavy atom. The lowest BCUT2D eigenvalue weighted by Crippen LogP contribution is -2.48. The number of nitrogens with one attached hydrogen (secondary N) is 1. The second-order valence-corrected chi connectivity index (χ2v) is 9.08. The van der Waals surface area contributed by atoms with Crippen molar-refractivity contribution in [2.45, 2.75) is 6.54 Å². The van der Waals surface area contributed by atoms with Gasteiger partial charge in [-0.2, -0.15) is 0 Å². The highest BCUT2D eigenvalue weighted by Crippen LogP contribution is 2.41. The molecule has 206 valence electrons. The highest BCUT2D eigenvalue weighted by Gasteiger charge is 2.25. The van der Waals surface area contributed by atoms with E-state index in [4.69, 9.17) is 18.9 Å². The van der Waals surface area contributed by atoms with Gasteiger partial charge in [0.1, 0.15) is 23.0 Å². The Labute approximate surface area is 241 Å². The van der Waals surface area contributed by atoms with E-state index in [0.29, 0.717) is 55.7 Å². The van der Waals surface area contributed by atoms with Crippen LogP contribution in [-0.4, -0.2) is 64.5 Å². The lowest BCUT2D eigenvalue weighted by molar-refractivity contribution is 0.0548. The smallest absolute Gasteiger partial charge is 0.324 e. The fourth-order valence-corrected chi connectivity index (χ4v) is 4.53. The molecule has 1 saturated heterocycles. The van der Waals surface area contributed by atoms with Gasteiger partial charge in [0.05, 0.1) is 41.1 Å². The monoisotopic (exact) mass is 647 g/mol. The van der Waals surface area contributed by atoms with Crippen LogP contribution in [0.5, 0.6) is 17.2 Å². The number of hydrogen-bond donors (Lipinski definition) is 1. The van der Waals surface area contributed by atoms with Gasteiger partial charge in [0.25, 0.3) is 5.91 Å². The van der Waals surface area contributed by atoms with Gasteiger partial charge in [-0.05, 0) is 53.1 Å². The molecule has 0 aromatic heterocycles. The third-order valence-corrected chi connectivity index (χ3v) is 6.58. The minimum atomic E-state index is -0.352. The molecule has 3 aromatic rings. The molecule has 0 aliphatic carbocycles. The zero-order chi connectivity index (χ0) is 27.8. The Kier molecular flexibility index (Phi) is 9.85. The van der Waals surface area contributed by atoms with E-state index in [0.717, 1.165) is 22.4 Å². The van der Waals surface area contributed by atoms with Crippen molar-refractivity contribution in [3.63, 3.8) is 0 Å². The minimum Gasteiger partial charge on any atom is -0.493 e. The van der Waals surface area contributed by atoms with Crippen LogP contribution in [-0.2, 0) is 14.4 Å². The van der Waals surface area contributed by atoms with Crippen LogP contribution < -0.4 is 24.6 Å². The van der Waals surface area contributed by atoms with E-state index in [1.165, 1.54) is 0 Å². The van der Waals surface area contributed by atoms with E-state index >= 15 is 0 Å². The summed E-state index contributed by atoms with van der Waals surface area (Å²) in [5.74, 6) is 1.23. The molecule has 0 saturated carbocycles. The van der Waals surface area contributed by atoms with Gasteiger partial charge in [0, 0.05) is 24.3 Å². The molecule has 3 amide bonds. The highest BCUT2D eigenvalue weighted by atomic mass is 127. The summed E-state index contributed by atoms with van der Waals surface area (Å²) in [5, 5.41) is 0. The molecular formula is C28H30IN3O7. The molecule has 1 aliphatic rings. The fraction of sp³-hybridized carbons (Fsp3) is 0.286. The lowest BCUT2D eigenvalue weighted by Gasteiger charge is -2.33. The number of anilines is 1. The first-order chi connectivity index (χ1) is 19.0. The molecule has 1 heterocycles. The maximum atomic E-state index is 13.8. The van der Waals surface area contributed by atoms with Crippen molar-refractivity contribution >= 4 is 40.6 Å². The van der Waals surface area contributed by atoms with E-state index in [2.05, 4.69) is 8.65 Å². The van der Waals surface area contributed by atoms with Crippen LogP contribution in [0.15, 0.2) is 60.7 Å². The molecule has 1 N–H and O–H groups in total. The van der Waals surface area contributed by atoms with Crippen LogP contribution in [0.1, 0.15) is 15.9 Å². The molecule has 10 nitrogen and oxygen atoms in total. The van der Waals surface area contributed by atoms with Crippen molar-refractivity contribution in [3.05, 3.63) is 71.8 Å². The zero-order valence-electron chi connectivity index (χ0n) is 21.9. The SMILES string of the molecule is COc1cc(-c2cccc(N(Cc3ccc(C(=O)NOI)cc3)C(=O)N3CCOCC3)c2)cc(OC)c1OC. The normalized spacial score (nSPS) is 13.0. The zero-order valence-corrected chi connectivity index (χ0v) is 24.1. The molecule has 0 spiro atoms. The summed E-state index contributed by atoms with van der Waals surface area (Å²) in [5.41, 5.74) is 6.04. The molecule has 0 atom stereocenters. The number of nitrogens with zero attached hydrogens (tertiary/aromatic N) is 2. The van der Waals surface area contributed by atoms with Crippen LogP contribution in [0, 0.1) is 0 Å². The average Bonchev–Trinajstić information content (AvgIpc) is 2.99. The van der Waals surface area contributed by atoms with Crippen LogP contribution in [0.2, 0.25) is 0 Å². The van der Waals surface area contributed by atoms with Crippen molar-refractivity contribution < 1.29 is 31.7 Å². The van der Waals surface area contributed by atoms with Gasteiger partial charge in [-0.25, -0.2) is 13.4 Å². The first kappa shape index (κ1) is 28.5. The van der Waals surface area contributed by atoms with Crippen LogP contribution >= 0.6 is 23.0 Å². The number of morpholine rings is 1. The summed E-state index contributed by atoms with van der Waals surface area (Å²) >= 11 is 1.59. The van der Waals surface area contributed by atoms with E-state index in [-0.39, 0.29) is 11.9 Å². The van der Waals surface area contributed by atoms with Crippen LogP contribution in [0.3, 0.4) is 0 Å². The molecule has 3 aromatic carbocycles. The van der Waals surface area contributed by atoms with E-state index in [1.54, 1.807) is 66.3 Å². The topological polar surface area (TPSA) is 98.8 Å². The third kappa shape index (κ3) is 6.72. The van der Waals surface area contributed by atoms with Crippen molar-refractivity contribution in [3.8, 4) is 28.4 Å². The summed E-state index contributed by atoms with van der Waals surface area (Å²) in [6.45, 7) is 2.32. The molecule has 0 radical (unpaired) electrons. The third-order valence-electron chi connectivity index (χ3n) is 6.36. The molecule has 1 fully saturated rings.